The predicted octanol–water partition coefficient (Wildman–Crippen LogP) is 0.514. The van der Waals surface area contributed by atoms with Crippen LogP contribution < -0.4 is 0 Å². The number of nitro groups is 1. The molecule has 0 aliphatic rings. The maximum Gasteiger partial charge on any atom is 0.407 e. The predicted molar refractivity (Wildman–Crippen MR) is 47.0 cm³/mol. The Labute approximate surface area is 78.8 Å². The molecule has 0 fully saturated rings. The molecule has 2 heterocycles. The summed E-state index contributed by atoms with van der Waals surface area (Å²) in [4.78, 5) is 17.6. The first-order valence-electron chi connectivity index (χ1n) is 3.84. The highest BCUT2D eigenvalue weighted by molar-refractivity contribution is 5.41. The second-order valence-corrected chi connectivity index (χ2v) is 2.73. The Morgan fingerprint density at radius 3 is 2.86 bits per heavy atom. The average molecular weight is 193 g/mol. The van der Waals surface area contributed by atoms with Gasteiger partial charge in [0.05, 0.1) is 0 Å². The van der Waals surface area contributed by atoms with E-state index in [0.717, 1.165) is 0 Å². The first-order valence-corrected chi connectivity index (χ1v) is 3.84. The van der Waals surface area contributed by atoms with Crippen molar-refractivity contribution in [1.82, 2.24) is 19.1 Å². The molecule has 2 aromatic heterocycles. The fourth-order valence-electron chi connectivity index (χ4n) is 1.22. The van der Waals surface area contributed by atoms with Crippen LogP contribution in [-0.4, -0.2) is 24.0 Å². The van der Waals surface area contributed by atoms with E-state index in [1.807, 2.05) is 0 Å². The van der Waals surface area contributed by atoms with E-state index in [2.05, 4.69) is 9.97 Å². The molecule has 72 valence electrons. The van der Waals surface area contributed by atoms with Crippen LogP contribution in [0.5, 0.6) is 0 Å². The zero-order valence-corrected chi connectivity index (χ0v) is 7.36. The summed E-state index contributed by atoms with van der Waals surface area (Å²) < 4.78 is 3.12. The van der Waals surface area contributed by atoms with Gasteiger partial charge in [-0.2, -0.15) is 0 Å². The number of hydrogen-bond donors (Lipinski definition) is 0. The number of imidazole rings is 2. The maximum atomic E-state index is 10.6. The summed E-state index contributed by atoms with van der Waals surface area (Å²) in [7, 11) is 1.69. The van der Waals surface area contributed by atoms with Crippen LogP contribution in [0.3, 0.4) is 0 Å². The largest absolute Gasteiger partial charge is 0.407 e. The van der Waals surface area contributed by atoms with Gasteiger partial charge in [0.1, 0.15) is 6.33 Å². The summed E-state index contributed by atoms with van der Waals surface area (Å²) in [6.07, 6.45) is 6.07. The number of nitrogens with zero attached hydrogens (tertiary/aromatic N) is 5. The molecular formula is C7H7N5O2. The molecule has 2 aromatic rings. The zero-order valence-electron chi connectivity index (χ0n) is 7.36. The lowest BCUT2D eigenvalue weighted by atomic mass is 10.6. The van der Waals surface area contributed by atoms with Gasteiger partial charge in [0.2, 0.25) is 12.1 Å². The van der Waals surface area contributed by atoms with Gasteiger partial charge in [0.25, 0.3) is 0 Å². The molecule has 7 heteroatoms. The van der Waals surface area contributed by atoms with Crippen molar-refractivity contribution in [1.29, 1.82) is 0 Å². The molecule has 0 atom stereocenters. The Morgan fingerprint density at radius 2 is 2.29 bits per heavy atom. The molecule has 0 bridgehead atoms. The molecule has 0 aliphatic carbocycles. The van der Waals surface area contributed by atoms with E-state index in [-0.39, 0.29) is 5.82 Å². The minimum Gasteiger partial charge on any atom is -0.358 e. The van der Waals surface area contributed by atoms with E-state index < -0.39 is 4.92 Å². The van der Waals surface area contributed by atoms with Crippen molar-refractivity contribution in [2.45, 2.75) is 0 Å². The molecule has 14 heavy (non-hydrogen) atoms. The topological polar surface area (TPSA) is 78.8 Å². The van der Waals surface area contributed by atoms with E-state index in [0.29, 0.717) is 5.82 Å². The van der Waals surface area contributed by atoms with Crippen LogP contribution in [0.2, 0.25) is 0 Å². The van der Waals surface area contributed by atoms with E-state index in [1.165, 1.54) is 12.7 Å². The molecule has 0 N–H and O–H groups in total. The molecule has 0 unspecified atom stereocenters. The van der Waals surface area contributed by atoms with Crippen LogP contribution in [0.25, 0.3) is 5.82 Å². The van der Waals surface area contributed by atoms with Crippen molar-refractivity contribution in [3.05, 3.63) is 35.2 Å². The normalized spacial score (nSPS) is 10.4. The van der Waals surface area contributed by atoms with Gasteiger partial charge in [-0.25, -0.2) is 4.98 Å². The first kappa shape index (κ1) is 8.42. The first-order chi connectivity index (χ1) is 6.70. The fourth-order valence-corrected chi connectivity index (χ4v) is 1.22. The summed E-state index contributed by atoms with van der Waals surface area (Å²) in [5.41, 5.74) is 0. The third kappa shape index (κ3) is 1.15. The molecule has 0 aromatic carbocycles. The molecule has 0 aliphatic heterocycles. The van der Waals surface area contributed by atoms with Crippen molar-refractivity contribution in [3.63, 3.8) is 0 Å². The minimum atomic E-state index is -0.519. The highest BCUT2D eigenvalue weighted by Gasteiger charge is 2.20. The van der Waals surface area contributed by atoms with Crippen LogP contribution in [0.1, 0.15) is 0 Å². The van der Waals surface area contributed by atoms with Gasteiger partial charge in [-0.15, -0.1) is 0 Å². The number of aryl methyl sites for hydroxylation is 1. The van der Waals surface area contributed by atoms with Crippen LogP contribution in [0.15, 0.2) is 25.0 Å². The Bertz CT molecular complexity index is 458. The number of aromatic nitrogens is 4. The van der Waals surface area contributed by atoms with Crippen molar-refractivity contribution in [2.75, 3.05) is 0 Å². The zero-order chi connectivity index (χ0) is 10.1. The highest BCUT2D eigenvalue weighted by Crippen LogP contribution is 2.18. The van der Waals surface area contributed by atoms with Crippen LogP contribution >= 0.6 is 0 Å². The van der Waals surface area contributed by atoms with Gasteiger partial charge in [-0.3, -0.25) is 9.13 Å². The van der Waals surface area contributed by atoms with E-state index >= 15 is 0 Å². The lowest BCUT2D eigenvalue weighted by molar-refractivity contribution is -0.389. The smallest absolute Gasteiger partial charge is 0.358 e. The molecule has 7 nitrogen and oxygen atoms in total. The van der Waals surface area contributed by atoms with Crippen LogP contribution in [0, 0.1) is 10.1 Å². The average Bonchev–Trinajstić information content (AvgIpc) is 2.71. The standard InChI is InChI=1S/C7H7N5O2/c1-10-5-9-6(12(13)14)7(10)11-3-2-8-4-11/h2-5H,1H3. The SMILES string of the molecule is Cn1cnc([N+](=O)[O-])c1-n1ccnc1. The molecule has 0 saturated carbocycles. The minimum absolute atomic E-state index is 0.175. The molecule has 0 saturated heterocycles. The van der Waals surface area contributed by atoms with E-state index in [9.17, 15) is 10.1 Å². The van der Waals surface area contributed by atoms with Crippen molar-refractivity contribution in [2.24, 2.45) is 7.05 Å². The quantitative estimate of drug-likeness (QED) is 0.514. The lowest BCUT2D eigenvalue weighted by Crippen LogP contribution is -2.02. The Morgan fingerprint density at radius 1 is 1.50 bits per heavy atom. The summed E-state index contributed by atoms with van der Waals surface area (Å²) in [6.45, 7) is 0. The van der Waals surface area contributed by atoms with E-state index in [4.69, 9.17) is 0 Å². The molecular weight excluding hydrogens is 186 g/mol. The third-order valence-electron chi connectivity index (χ3n) is 1.81. The maximum absolute atomic E-state index is 10.6. The van der Waals surface area contributed by atoms with Gasteiger partial charge in [0.15, 0.2) is 0 Å². The Kier molecular flexibility index (Phi) is 1.77. The van der Waals surface area contributed by atoms with E-state index in [1.54, 1.807) is 28.6 Å². The summed E-state index contributed by atoms with van der Waals surface area (Å²) in [6, 6.07) is 0. The third-order valence-corrected chi connectivity index (χ3v) is 1.81. The fraction of sp³-hybridized carbons (Fsp3) is 0.143. The van der Waals surface area contributed by atoms with Crippen molar-refractivity contribution >= 4 is 5.82 Å². The Hall–Kier alpha value is -2.18. The van der Waals surface area contributed by atoms with Gasteiger partial charge < -0.3 is 10.1 Å². The highest BCUT2D eigenvalue weighted by atomic mass is 16.6. The van der Waals surface area contributed by atoms with Crippen molar-refractivity contribution < 1.29 is 4.92 Å². The van der Waals surface area contributed by atoms with Gasteiger partial charge in [0, 0.05) is 19.4 Å². The summed E-state index contributed by atoms with van der Waals surface area (Å²) in [5.74, 6) is 0.220. The van der Waals surface area contributed by atoms with Crippen LogP contribution in [0.4, 0.5) is 5.82 Å². The Balaban J connectivity index is 2.62. The molecule has 2 rings (SSSR count). The molecule has 0 amide bonds. The van der Waals surface area contributed by atoms with Gasteiger partial charge in [-0.05, 0) is 9.91 Å². The molecule has 0 radical (unpaired) electrons. The monoisotopic (exact) mass is 193 g/mol. The number of rotatable bonds is 2. The second kappa shape index (κ2) is 2.95. The molecule has 0 spiro atoms. The lowest BCUT2D eigenvalue weighted by Gasteiger charge is -2.00. The van der Waals surface area contributed by atoms with Crippen LogP contribution in [-0.2, 0) is 7.05 Å². The van der Waals surface area contributed by atoms with Gasteiger partial charge in [-0.1, -0.05) is 0 Å². The van der Waals surface area contributed by atoms with Crippen molar-refractivity contribution in [3.8, 4) is 5.82 Å². The van der Waals surface area contributed by atoms with Gasteiger partial charge >= 0.3 is 5.82 Å². The summed E-state index contributed by atoms with van der Waals surface area (Å²) in [5, 5.41) is 10.6. The number of hydrogen-bond acceptors (Lipinski definition) is 4. The second-order valence-electron chi connectivity index (χ2n) is 2.73. The summed E-state index contributed by atoms with van der Waals surface area (Å²) >= 11 is 0.